The van der Waals surface area contributed by atoms with Gasteiger partial charge in [-0.25, -0.2) is 0 Å². The second-order valence-electron chi connectivity index (χ2n) is 8.93. The van der Waals surface area contributed by atoms with E-state index in [1.807, 2.05) is 65.6 Å². The van der Waals surface area contributed by atoms with Gasteiger partial charge in [0.15, 0.2) is 11.5 Å². The Hall–Kier alpha value is -2.34. The Morgan fingerprint density at radius 2 is 0.975 bits per heavy atom. The van der Waals surface area contributed by atoms with Crippen molar-refractivity contribution < 1.29 is 4.74 Å². The van der Waals surface area contributed by atoms with E-state index in [1.165, 1.54) is 12.4 Å². The topological polar surface area (TPSA) is 25.4 Å². The summed E-state index contributed by atoms with van der Waals surface area (Å²) in [5, 5.41) is 2.28. The number of para-hydroxylation sites is 4. The zero-order valence-electron chi connectivity index (χ0n) is 20.1. The Balaban J connectivity index is 1.60. The molecule has 4 aromatic carbocycles. The maximum absolute atomic E-state index is 7.09. The first kappa shape index (κ1) is 27.8. The Labute approximate surface area is 265 Å². The minimum absolute atomic E-state index is 0.298. The molecule has 0 radical (unpaired) electrons. The third-order valence-electron chi connectivity index (χ3n) is 6.55. The van der Waals surface area contributed by atoms with Crippen LogP contribution in [0.5, 0.6) is 11.5 Å². The molecule has 5 aromatic rings. The molecule has 1 aromatic heterocycles. The zero-order chi connectivity index (χ0) is 28.1. The fourth-order valence-electron chi connectivity index (χ4n) is 4.92. The summed E-state index contributed by atoms with van der Waals surface area (Å²) < 4.78 is 6.15. The lowest BCUT2D eigenvalue weighted by molar-refractivity contribution is 0.477. The maximum Gasteiger partial charge on any atom is 0.151 e. The van der Waals surface area contributed by atoms with E-state index in [0.29, 0.717) is 63.3 Å². The van der Waals surface area contributed by atoms with Gasteiger partial charge in [-0.15, -0.1) is 0 Å². The van der Waals surface area contributed by atoms with Crippen molar-refractivity contribution in [3.63, 3.8) is 0 Å². The molecule has 2 heterocycles. The van der Waals surface area contributed by atoms with E-state index >= 15 is 0 Å². The second-order valence-corrected chi connectivity index (χ2v) is 11.8. The Kier molecular flexibility index (Phi) is 7.75. The second kappa shape index (κ2) is 11.2. The van der Waals surface area contributed by atoms with E-state index in [1.54, 1.807) is 12.1 Å². The van der Waals surface area contributed by atoms with Crippen LogP contribution in [0.2, 0.25) is 35.2 Å². The standard InChI is InChI=1S/C30H15Cl7N2O/c31-15-9-17(32)27(18(33)10-15)30(29-21(36)13-38-14-22(29)37)28-19(34)11-16(12-20(28)35)39-23-5-1-3-7-25(23)40-26-8-4-2-6-24(26)39/h1-14,30H. The van der Waals surface area contributed by atoms with Gasteiger partial charge >= 0.3 is 0 Å². The summed E-state index contributed by atoms with van der Waals surface area (Å²) in [5.41, 5.74) is 3.91. The van der Waals surface area contributed by atoms with Gasteiger partial charge in [0, 0.05) is 65.8 Å². The highest BCUT2D eigenvalue weighted by Gasteiger charge is 2.32. The number of pyridine rings is 1. The van der Waals surface area contributed by atoms with Crippen molar-refractivity contribution in [2.24, 2.45) is 0 Å². The number of fused-ring (bicyclic) bond motifs is 2. The maximum atomic E-state index is 7.09. The molecule has 1 atom stereocenters. The molecule has 1 unspecified atom stereocenters. The number of hydrogen-bond donors (Lipinski definition) is 0. The van der Waals surface area contributed by atoms with Crippen LogP contribution in [0.1, 0.15) is 22.6 Å². The van der Waals surface area contributed by atoms with Crippen LogP contribution in [-0.4, -0.2) is 4.98 Å². The minimum atomic E-state index is -0.737. The van der Waals surface area contributed by atoms with Crippen LogP contribution in [0.15, 0.2) is 85.2 Å². The number of hydrogen-bond acceptors (Lipinski definition) is 3. The normalized spacial score (nSPS) is 12.9. The summed E-state index contributed by atoms with van der Waals surface area (Å²) in [7, 11) is 0. The van der Waals surface area contributed by atoms with E-state index in [0.717, 1.165) is 17.1 Å². The fraction of sp³-hybridized carbons (Fsp3) is 0.0333. The van der Waals surface area contributed by atoms with Gasteiger partial charge in [0.1, 0.15) is 0 Å². The van der Waals surface area contributed by atoms with E-state index < -0.39 is 5.92 Å². The molecule has 200 valence electrons. The van der Waals surface area contributed by atoms with Crippen molar-refractivity contribution >= 4 is 98.3 Å². The molecule has 0 N–H and O–H groups in total. The predicted molar refractivity (Wildman–Crippen MR) is 168 cm³/mol. The number of benzene rings is 4. The monoisotopic (exact) mass is 664 g/mol. The van der Waals surface area contributed by atoms with Crippen LogP contribution < -0.4 is 9.64 Å². The molecular weight excluding hydrogens is 653 g/mol. The molecule has 0 saturated carbocycles. The van der Waals surface area contributed by atoms with Gasteiger partial charge in [-0.05, 0) is 48.5 Å². The predicted octanol–water partition coefficient (Wildman–Crippen LogP) is 12.4. The Bertz CT molecular complexity index is 1680. The first-order chi connectivity index (χ1) is 19.2. The van der Waals surface area contributed by atoms with Crippen LogP contribution >= 0.6 is 81.2 Å². The Morgan fingerprint density at radius 3 is 1.48 bits per heavy atom. The van der Waals surface area contributed by atoms with E-state index in [2.05, 4.69) is 4.98 Å². The minimum Gasteiger partial charge on any atom is -0.453 e. The van der Waals surface area contributed by atoms with Crippen LogP contribution in [0.4, 0.5) is 17.1 Å². The van der Waals surface area contributed by atoms with Gasteiger partial charge in [-0.1, -0.05) is 105 Å². The molecule has 3 nitrogen and oxygen atoms in total. The number of nitrogens with zero attached hydrogens (tertiary/aromatic N) is 2. The van der Waals surface area contributed by atoms with E-state index in [9.17, 15) is 0 Å². The summed E-state index contributed by atoms with van der Waals surface area (Å²) in [4.78, 5) is 6.14. The molecule has 0 saturated heterocycles. The van der Waals surface area contributed by atoms with Crippen molar-refractivity contribution in [1.82, 2.24) is 4.98 Å². The first-order valence-corrected chi connectivity index (χ1v) is 14.5. The highest BCUT2D eigenvalue weighted by molar-refractivity contribution is 6.41. The molecular formula is C30H15Cl7N2O. The van der Waals surface area contributed by atoms with Crippen LogP contribution in [-0.2, 0) is 0 Å². The number of aromatic nitrogens is 1. The van der Waals surface area contributed by atoms with Gasteiger partial charge in [0.05, 0.1) is 21.4 Å². The number of anilines is 3. The summed E-state index contributed by atoms with van der Waals surface area (Å²) in [6.07, 6.45) is 2.98. The van der Waals surface area contributed by atoms with Crippen molar-refractivity contribution in [1.29, 1.82) is 0 Å². The van der Waals surface area contributed by atoms with Crippen LogP contribution in [0.25, 0.3) is 0 Å². The third-order valence-corrected chi connectivity index (χ3v) is 8.63. The first-order valence-electron chi connectivity index (χ1n) is 11.8. The quantitative estimate of drug-likeness (QED) is 0.187. The molecule has 6 rings (SSSR count). The molecule has 1 aliphatic heterocycles. The molecule has 10 heteroatoms. The smallest absolute Gasteiger partial charge is 0.151 e. The van der Waals surface area contributed by atoms with Crippen molar-refractivity contribution in [2.75, 3.05) is 4.90 Å². The van der Waals surface area contributed by atoms with Gasteiger partial charge in [-0.2, -0.15) is 0 Å². The largest absolute Gasteiger partial charge is 0.453 e. The molecule has 40 heavy (non-hydrogen) atoms. The SMILES string of the molecule is Clc1cc(Cl)c(C(c2c(Cl)cncc2Cl)c2c(Cl)cc(N3c4ccccc4Oc4ccccc43)cc2Cl)c(Cl)c1. The number of halogens is 7. The highest BCUT2D eigenvalue weighted by atomic mass is 35.5. The van der Waals surface area contributed by atoms with E-state index in [-0.39, 0.29) is 0 Å². The van der Waals surface area contributed by atoms with Crippen molar-refractivity contribution in [2.45, 2.75) is 5.92 Å². The summed E-state index contributed by atoms with van der Waals surface area (Å²) in [6.45, 7) is 0. The lowest BCUT2D eigenvalue weighted by Crippen LogP contribution is -2.16. The molecule has 0 bridgehead atoms. The summed E-state index contributed by atoms with van der Waals surface area (Å²) in [6, 6.07) is 22.3. The van der Waals surface area contributed by atoms with Crippen molar-refractivity contribution in [3.05, 3.63) is 137 Å². The average molecular weight is 668 g/mol. The molecule has 1 aliphatic rings. The zero-order valence-corrected chi connectivity index (χ0v) is 25.4. The lowest BCUT2D eigenvalue weighted by Gasteiger charge is -2.33. The lowest BCUT2D eigenvalue weighted by atomic mass is 9.85. The Morgan fingerprint density at radius 1 is 0.550 bits per heavy atom. The van der Waals surface area contributed by atoms with Gasteiger partial charge in [0.25, 0.3) is 0 Å². The summed E-state index contributed by atoms with van der Waals surface area (Å²) >= 11 is 47.2. The van der Waals surface area contributed by atoms with E-state index in [4.69, 9.17) is 85.9 Å². The molecule has 0 spiro atoms. The fourth-order valence-corrected chi connectivity index (χ4v) is 7.23. The summed E-state index contributed by atoms with van der Waals surface area (Å²) in [5.74, 6) is 0.662. The molecule has 0 aliphatic carbocycles. The third kappa shape index (κ3) is 4.88. The van der Waals surface area contributed by atoms with Crippen LogP contribution in [0.3, 0.4) is 0 Å². The molecule has 0 fully saturated rings. The number of ether oxygens (including phenoxy) is 1. The average Bonchev–Trinajstić information content (AvgIpc) is 2.90. The highest BCUT2D eigenvalue weighted by Crippen LogP contribution is 2.54. The van der Waals surface area contributed by atoms with Crippen LogP contribution in [0, 0.1) is 0 Å². The molecule has 0 amide bonds. The van der Waals surface area contributed by atoms with Gasteiger partial charge < -0.3 is 9.64 Å². The van der Waals surface area contributed by atoms with Crippen molar-refractivity contribution in [3.8, 4) is 11.5 Å². The van der Waals surface area contributed by atoms with Gasteiger partial charge in [0.2, 0.25) is 0 Å². The number of rotatable bonds is 4. The van der Waals surface area contributed by atoms with Gasteiger partial charge in [-0.3, -0.25) is 4.98 Å².